The van der Waals surface area contributed by atoms with E-state index in [-0.39, 0.29) is 11.8 Å². The molecular formula is C22H20N4O3S2. The van der Waals surface area contributed by atoms with Crippen molar-refractivity contribution in [3.05, 3.63) is 70.4 Å². The Morgan fingerprint density at radius 3 is 2.74 bits per heavy atom. The van der Waals surface area contributed by atoms with Gasteiger partial charge in [0.15, 0.2) is 10.1 Å². The first kappa shape index (κ1) is 21.1. The monoisotopic (exact) mass is 452 g/mol. The molecular weight excluding hydrogens is 432 g/mol. The molecule has 0 aliphatic carbocycles. The van der Waals surface area contributed by atoms with Crippen molar-refractivity contribution < 1.29 is 14.0 Å². The zero-order chi connectivity index (χ0) is 21.8. The molecule has 158 valence electrons. The molecule has 0 unspecified atom stereocenters. The minimum atomic E-state index is -0.287. The number of aryl methyl sites for hydroxylation is 1. The maximum Gasteiger partial charge on any atom is 0.287 e. The van der Waals surface area contributed by atoms with E-state index in [4.69, 9.17) is 4.42 Å². The van der Waals surface area contributed by atoms with Crippen LogP contribution in [0.25, 0.3) is 11.0 Å². The number of carbonyl (C=O) groups excluding carboxylic acids is 2. The van der Waals surface area contributed by atoms with Gasteiger partial charge in [0.25, 0.3) is 5.91 Å². The lowest BCUT2D eigenvalue weighted by molar-refractivity contribution is -0.114. The summed E-state index contributed by atoms with van der Waals surface area (Å²) in [6.07, 6.45) is 0. The number of furan rings is 1. The van der Waals surface area contributed by atoms with Gasteiger partial charge in [-0.2, -0.15) is 0 Å². The van der Waals surface area contributed by atoms with Gasteiger partial charge < -0.3 is 15.1 Å². The summed E-state index contributed by atoms with van der Waals surface area (Å²) in [6.45, 7) is 3.68. The molecule has 0 atom stereocenters. The van der Waals surface area contributed by atoms with Crippen molar-refractivity contribution in [1.29, 1.82) is 0 Å². The summed E-state index contributed by atoms with van der Waals surface area (Å²) in [5, 5.41) is 15.7. The number of nitrogens with one attached hydrogen (secondary N) is 2. The number of hydrogen-bond acceptors (Lipinski definition) is 7. The van der Waals surface area contributed by atoms with Crippen LogP contribution in [0, 0.1) is 6.92 Å². The first-order valence-corrected chi connectivity index (χ1v) is 11.4. The molecule has 0 aliphatic rings. The van der Waals surface area contributed by atoms with Crippen LogP contribution in [0.4, 0.5) is 5.69 Å². The summed E-state index contributed by atoms with van der Waals surface area (Å²) in [6, 6.07) is 15.0. The lowest BCUT2D eigenvalue weighted by atomic mass is 10.1. The summed E-state index contributed by atoms with van der Waals surface area (Å²) < 4.78 is 6.76. The van der Waals surface area contributed by atoms with Gasteiger partial charge >= 0.3 is 0 Å². The minimum Gasteiger partial charge on any atom is -0.451 e. The molecule has 0 fully saturated rings. The number of thioether (sulfide) groups is 1. The SMILES string of the molecule is CC(=O)Nc1cccc(CNC(=O)c2oc3ccccc3c2CSc2nnc(C)s2)c1. The summed E-state index contributed by atoms with van der Waals surface area (Å²) in [5.41, 5.74) is 3.06. The van der Waals surface area contributed by atoms with E-state index in [1.54, 1.807) is 6.07 Å². The fourth-order valence-electron chi connectivity index (χ4n) is 3.12. The molecule has 7 nitrogen and oxygen atoms in total. The summed E-state index contributed by atoms with van der Waals surface area (Å²) in [4.78, 5) is 24.2. The number of carbonyl (C=O) groups is 2. The highest BCUT2D eigenvalue weighted by Gasteiger charge is 2.21. The van der Waals surface area contributed by atoms with Gasteiger partial charge in [-0.05, 0) is 30.7 Å². The molecule has 2 heterocycles. The van der Waals surface area contributed by atoms with Crippen LogP contribution in [0.1, 0.15) is 33.6 Å². The number of fused-ring (bicyclic) bond motifs is 1. The van der Waals surface area contributed by atoms with Gasteiger partial charge in [-0.15, -0.1) is 10.2 Å². The first-order valence-electron chi connectivity index (χ1n) is 9.57. The number of benzene rings is 2. The van der Waals surface area contributed by atoms with Gasteiger partial charge in [0.1, 0.15) is 10.6 Å². The zero-order valence-corrected chi connectivity index (χ0v) is 18.6. The maximum absolute atomic E-state index is 13.0. The normalized spacial score (nSPS) is 10.9. The topological polar surface area (TPSA) is 97.1 Å². The molecule has 2 aromatic heterocycles. The van der Waals surface area contributed by atoms with Crippen LogP contribution in [-0.2, 0) is 17.1 Å². The third-order valence-electron chi connectivity index (χ3n) is 4.45. The molecule has 4 rings (SSSR count). The molecule has 2 N–H and O–H groups in total. The van der Waals surface area contributed by atoms with Crippen molar-refractivity contribution in [2.75, 3.05) is 5.32 Å². The van der Waals surface area contributed by atoms with Gasteiger partial charge in [0.2, 0.25) is 5.91 Å². The van der Waals surface area contributed by atoms with Crippen molar-refractivity contribution >= 4 is 51.6 Å². The van der Waals surface area contributed by atoms with E-state index in [0.717, 1.165) is 25.9 Å². The van der Waals surface area contributed by atoms with Crippen molar-refractivity contribution in [1.82, 2.24) is 15.5 Å². The van der Waals surface area contributed by atoms with E-state index in [0.29, 0.717) is 29.3 Å². The maximum atomic E-state index is 13.0. The molecule has 0 radical (unpaired) electrons. The molecule has 0 aliphatic heterocycles. The predicted octanol–water partition coefficient (Wildman–Crippen LogP) is 4.77. The lowest BCUT2D eigenvalue weighted by Crippen LogP contribution is -2.23. The average Bonchev–Trinajstić information content (AvgIpc) is 3.33. The van der Waals surface area contributed by atoms with Gasteiger partial charge in [0, 0.05) is 35.9 Å². The van der Waals surface area contributed by atoms with Gasteiger partial charge in [-0.3, -0.25) is 9.59 Å². The molecule has 9 heteroatoms. The Hall–Kier alpha value is -3.17. The number of para-hydroxylation sites is 1. The molecule has 4 aromatic rings. The zero-order valence-electron chi connectivity index (χ0n) is 17.0. The Bertz CT molecular complexity index is 1250. The number of rotatable bonds is 7. The van der Waals surface area contributed by atoms with E-state index in [1.807, 2.05) is 49.4 Å². The van der Waals surface area contributed by atoms with Crippen LogP contribution in [0.5, 0.6) is 0 Å². The second-order valence-electron chi connectivity index (χ2n) is 6.85. The number of aromatic nitrogens is 2. The highest BCUT2D eigenvalue weighted by Crippen LogP contribution is 2.33. The average molecular weight is 453 g/mol. The van der Waals surface area contributed by atoms with Crippen molar-refractivity contribution in [3.63, 3.8) is 0 Å². The Morgan fingerprint density at radius 1 is 1.13 bits per heavy atom. The van der Waals surface area contributed by atoms with Crippen LogP contribution >= 0.6 is 23.1 Å². The van der Waals surface area contributed by atoms with Crippen molar-refractivity contribution in [2.24, 2.45) is 0 Å². The third-order valence-corrected chi connectivity index (χ3v) is 6.45. The van der Waals surface area contributed by atoms with E-state index >= 15 is 0 Å². The van der Waals surface area contributed by atoms with E-state index < -0.39 is 0 Å². The van der Waals surface area contributed by atoms with Gasteiger partial charge in [-0.25, -0.2) is 0 Å². The molecule has 2 aromatic carbocycles. The first-order chi connectivity index (χ1) is 15.0. The summed E-state index contributed by atoms with van der Waals surface area (Å²) >= 11 is 3.05. The molecule has 0 bridgehead atoms. The predicted molar refractivity (Wildman–Crippen MR) is 122 cm³/mol. The molecule has 31 heavy (non-hydrogen) atoms. The van der Waals surface area contributed by atoms with Crippen LogP contribution in [0.2, 0.25) is 0 Å². The van der Waals surface area contributed by atoms with E-state index in [2.05, 4.69) is 20.8 Å². The second-order valence-corrected chi connectivity index (χ2v) is 9.25. The quantitative estimate of drug-likeness (QED) is 0.392. The highest BCUT2D eigenvalue weighted by atomic mass is 32.2. The van der Waals surface area contributed by atoms with Crippen molar-refractivity contribution in [3.8, 4) is 0 Å². The van der Waals surface area contributed by atoms with Crippen LogP contribution in [0.3, 0.4) is 0 Å². The largest absolute Gasteiger partial charge is 0.451 e. The van der Waals surface area contributed by atoms with Crippen LogP contribution in [0.15, 0.2) is 57.3 Å². The minimum absolute atomic E-state index is 0.142. The smallest absolute Gasteiger partial charge is 0.287 e. The molecule has 0 saturated heterocycles. The van der Waals surface area contributed by atoms with Crippen LogP contribution < -0.4 is 10.6 Å². The van der Waals surface area contributed by atoms with E-state index in [1.165, 1.54) is 30.0 Å². The Kier molecular flexibility index (Phi) is 6.34. The van der Waals surface area contributed by atoms with Crippen LogP contribution in [-0.4, -0.2) is 22.0 Å². The third kappa shape index (κ3) is 5.12. The number of hydrogen-bond donors (Lipinski definition) is 2. The number of amides is 2. The fourth-order valence-corrected chi connectivity index (χ4v) is 4.96. The second kappa shape index (κ2) is 9.32. The molecule has 0 saturated carbocycles. The Labute approximate surface area is 187 Å². The molecule has 2 amide bonds. The molecule has 0 spiro atoms. The fraction of sp³-hybridized carbons (Fsp3) is 0.182. The number of anilines is 1. The Balaban J connectivity index is 1.52. The highest BCUT2D eigenvalue weighted by molar-refractivity contribution is 8.00. The lowest BCUT2D eigenvalue weighted by Gasteiger charge is -2.08. The van der Waals surface area contributed by atoms with Crippen molar-refractivity contribution in [2.45, 2.75) is 30.5 Å². The Morgan fingerprint density at radius 2 is 1.97 bits per heavy atom. The summed E-state index contributed by atoms with van der Waals surface area (Å²) in [7, 11) is 0. The van der Waals surface area contributed by atoms with E-state index in [9.17, 15) is 9.59 Å². The standard InChI is InChI=1S/C22H20N4O3S2/c1-13(27)24-16-7-5-6-15(10-16)11-23-21(28)20-18(12-30-22-26-25-14(2)31-22)17-8-3-4-9-19(17)29-20/h3-10H,11-12H2,1-2H3,(H,23,28)(H,24,27). The number of nitrogens with zero attached hydrogens (tertiary/aromatic N) is 2. The summed E-state index contributed by atoms with van der Waals surface area (Å²) in [5.74, 6) is 0.418. The van der Waals surface area contributed by atoms with Gasteiger partial charge in [0.05, 0.1) is 0 Å². The van der Waals surface area contributed by atoms with Gasteiger partial charge in [-0.1, -0.05) is 53.4 Å².